The van der Waals surface area contributed by atoms with Crippen LogP contribution in [0.3, 0.4) is 0 Å². The van der Waals surface area contributed by atoms with E-state index in [1.54, 1.807) is 38.5 Å². The molecule has 0 amide bonds. The molecule has 24 heavy (non-hydrogen) atoms. The lowest BCUT2D eigenvalue weighted by Crippen LogP contribution is -2.31. The minimum atomic E-state index is -0.762. The maximum absolute atomic E-state index is 9.60. The van der Waals surface area contributed by atoms with Crippen molar-refractivity contribution in [2.45, 2.75) is 5.92 Å². The fraction of sp³-hybridized carbons (Fsp3) is 0.222. The SMILES string of the molecule is COc1ccc(OC)c(C2c3ccc(N)cc3OC(=N)C2C#N)c1. The second-order valence-corrected chi connectivity index (χ2v) is 5.46. The molecular formula is C18H17N3O3. The number of hydrogen-bond donors (Lipinski definition) is 2. The molecule has 2 atom stereocenters. The normalized spacial score (nSPS) is 19.0. The van der Waals surface area contributed by atoms with E-state index in [0.29, 0.717) is 22.9 Å². The molecular weight excluding hydrogens is 306 g/mol. The van der Waals surface area contributed by atoms with E-state index < -0.39 is 11.8 Å². The maximum Gasteiger partial charge on any atom is 0.205 e. The summed E-state index contributed by atoms with van der Waals surface area (Å²) in [6.45, 7) is 0. The van der Waals surface area contributed by atoms with Crippen molar-refractivity contribution >= 4 is 11.6 Å². The third kappa shape index (κ3) is 2.50. The van der Waals surface area contributed by atoms with E-state index in [2.05, 4.69) is 6.07 Å². The van der Waals surface area contributed by atoms with E-state index in [4.69, 9.17) is 25.4 Å². The molecule has 0 bridgehead atoms. The second-order valence-electron chi connectivity index (χ2n) is 5.46. The highest BCUT2D eigenvalue weighted by Gasteiger charge is 2.38. The van der Waals surface area contributed by atoms with E-state index in [1.807, 2.05) is 12.1 Å². The number of anilines is 1. The Morgan fingerprint density at radius 3 is 2.58 bits per heavy atom. The first kappa shape index (κ1) is 15.7. The highest BCUT2D eigenvalue weighted by atomic mass is 16.5. The summed E-state index contributed by atoms with van der Waals surface area (Å²) in [6, 6.07) is 12.8. The molecule has 3 rings (SSSR count). The minimum absolute atomic E-state index is 0.106. The van der Waals surface area contributed by atoms with Crippen molar-refractivity contribution in [2.24, 2.45) is 5.92 Å². The molecule has 2 aromatic carbocycles. The molecule has 0 spiro atoms. The Labute approximate surface area is 139 Å². The second kappa shape index (κ2) is 6.13. The summed E-state index contributed by atoms with van der Waals surface area (Å²) in [5, 5.41) is 17.7. The fourth-order valence-electron chi connectivity index (χ4n) is 2.97. The van der Waals surface area contributed by atoms with Gasteiger partial charge in [0.1, 0.15) is 23.2 Å². The number of fused-ring (bicyclic) bond motifs is 1. The van der Waals surface area contributed by atoms with Crippen molar-refractivity contribution < 1.29 is 14.2 Å². The Morgan fingerprint density at radius 2 is 1.92 bits per heavy atom. The summed E-state index contributed by atoms with van der Waals surface area (Å²) < 4.78 is 16.3. The average Bonchev–Trinajstić information content (AvgIpc) is 2.59. The number of nitrogens with zero attached hydrogens (tertiary/aromatic N) is 1. The van der Waals surface area contributed by atoms with Crippen LogP contribution in [-0.2, 0) is 0 Å². The van der Waals surface area contributed by atoms with Crippen LogP contribution in [0.2, 0.25) is 0 Å². The van der Waals surface area contributed by atoms with E-state index in [9.17, 15) is 5.26 Å². The van der Waals surface area contributed by atoms with E-state index >= 15 is 0 Å². The standard InChI is InChI=1S/C18H17N3O3/c1-22-11-4-6-15(23-2)13(8-11)17-12-5-3-10(20)7-16(12)24-18(21)14(17)9-19/h3-8,14,17,21H,20H2,1-2H3. The number of ether oxygens (including phenoxy) is 3. The van der Waals surface area contributed by atoms with Gasteiger partial charge in [0, 0.05) is 28.8 Å². The molecule has 0 fully saturated rings. The summed E-state index contributed by atoms with van der Waals surface area (Å²) in [5.74, 6) is 0.488. The number of methoxy groups -OCH3 is 2. The molecule has 0 radical (unpaired) electrons. The van der Waals surface area contributed by atoms with Gasteiger partial charge in [0.25, 0.3) is 0 Å². The van der Waals surface area contributed by atoms with Gasteiger partial charge in [0.2, 0.25) is 5.90 Å². The Kier molecular flexibility index (Phi) is 4.00. The average molecular weight is 323 g/mol. The zero-order valence-electron chi connectivity index (χ0n) is 13.4. The highest BCUT2D eigenvalue weighted by molar-refractivity contribution is 5.85. The fourth-order valence-corrected chi connectivity index (χ4v) is 2.97. The Balaban J connectivity index is 2.25. The molecule has 1 heterocycles. The summed E-state index contributed by atoms with van der Waals surface area (Å²) in [7, 11) is 3.15. The number of hydrogen-bond acceptors (Lipinski definition) is 6. The molecule has 3 N–H and O–H groups in total. The zero-order chi connectivity index (χ0) is 17.3. The molecule has 0 saturated heterocycles. The predicted octanol–water partition coefficient (Wildman–Crippen LogP) is 2.93. The lowest BCUT2D eigenvalue weighted by atomic mass is 9.78. The van der Waals surface area contributed by atoms with Crippen molar-refractivity contribution in [3.8, 4) is 23.3 Å². The van der Waals surface area contributed by atoms with Gasteiger partial charge < -0.3 is 19.9 Å². The lowest BCUT2D eigenvalue weighted by Gasteiger charge is -2.31. The van der Waals surface area contributed by atoms with Crippen LogP contribution in [0.5, 0.6) is 17.2 Å². The zero-order valence-corrected chi connectivity index (χ0v) is 13.4. The van der Waals surface area contributed by atoms with Gasteiger partial charge in [-0.1, -0.05) is 6.07 Å². The number of nitriles is 1. The topological polar surface area (TPSA) is 101 Å². The van der Waals surface area contributed by atoms with Crippen molar-refractivity contribution in [3.63, 3.8) is 0 Å². The quantitative estimate of drug-likeness (QED) is 0.846. The molecule has 0 aliphatic carbocycles. The summed E-state index contributed by atoms with van der Waals surface area (Å²) in [5.41, 5.74) is 7.91. The first-order valence-corrected chi connectivity index (χ1v) is 7.36. The van der Waals surface area contributed by atoms with Gasteiger partial charge in [-0.2, -0.15) is 5.26 Å². The van der Waals surface area contributed by atoms with Gasteiger partial charge >= 0.3 is 0 Å². The molecule has 0 aromatic heterocycles. The third-order valence-corrected chi connectivity index (χ3v) is 4.12. The van der Waals surface area contributed by atoms with Gasteiger partial charge in [-0.3, -0.25) is 5.41 Å². The largest absolute Gasteiger partial charge is 0.497 e. The minimum Gasteiger partial charge on any atom is -0.497 e. The van der Waals surface area contributed by atoms with Crippen LogP contribution in [0.1, 0.15) is 17.0 Å². The molecule has 0 saturated carbocycles. The highest BCUT2D eigenvalue weighted by Crippen LogP contribution is 2.46. The van der Waals surface area contributed by atoms with E-state index in [1.165, 1.54) is 0 Å². The molecule has 1 aliphatic heterocycles. The van der Waals surface area contributed by atoms with Crippen molar-refractivity contribution in [1.29, 1.82) is 10.7 Å². The van der Waals surface area contributed by atoms with Crippen molar-refractivity contribution in [3.05, 3.63) is 47.5 Å². The Morgan fingerprint density at radius 1 is 1.12 bits per heavy atom. The molecule has 6 heteroatoms. The Bertz CT molecular complexity index is 842. The van der Waals surface area contributed by atoms with E-state index in [0.717, 1.165) is 11.1 Å². The van der Waals surface area contributed by atoms with Gasteiger partial charge in [-0.15, -0.1) is 0 Å². The molecule has 122 valence electrons. The van der Waals surface area contributed by atoms with Crippen LogP contribution in [0.25, 0.3) is 0 Å². The molecule has 2 aromatic rings. The van der Waals surface area contributed by atoms with Crippen LogP contribution >= 0.6 is 0 Å². The van der Waals surface area contributed by atoms with Gasteiger partial charge in [-0.05, 0) is 24.3 Å². The number of rotatable bonds is 3. The maximum atomic E-state index is 9.60. The number of nitrogens with two attached hydrogens (primary N) is 1. The monoisotopic (exact) mass is 323 g/mol. The lowest BCUT2D eigenvalue weighted by molar-refractivity contribution is 0.389. The van der Waals surface area contributed by atoms with Crippen LogP contribution in [0.15, 0.2) is 36.4 Å². The predicted molar refractivity (Wildman–Crippen MR) is 89.7 cm³/mol. The van der Waals surface area contributed by atoms with Gasteiger partial charge in [-0.25, -0.2) is 0 Å². The van der Waals surface area contributed by atoms with Gasteiger partial charge in [0.05, 0.1) is 20.3 Å². The first-order valence-electron chi connectivity index (χ1n) is 7.36. The summed E-state index contributed by atoms with van der Waals surface area (Å²) in [6.07, 6.45) is 0. The van der Waals surface area contributed by atoms with Crippen LogP contribution < -0.4 is 19.9 Å². The summed E-state index contributed by atoms with van der Waals surface area (Å²) in [4.78, 5) is 0. The number of benzene rings is 2. The number of nitrogens with one attached hydrogen (secondary N) is 1. The van der Waals surface area contributed by atoms with Crippen LogP contribution in [0, 0.1) is 22.7 Å². The van der Waals surface area contributed by atoms with E-state index in [-0.39, 0.29) is 5.90 Å². The van der Waals surface area contributed by atoms with Crippen LogP contribution in [0.4, 0.5) is 5.69 Å². The number of nitrogen functional groups attached to an aromatic ring is 1. The third-order valence-electron chi connectivity index (χ3n) is 4.12. The van der Waals surface area contributed by atoms with Crippen molar-refractivity contribution in [2.75, 3.05) is 20.0 Å². The van der Waals surface area contributed by atoms with Gasteiger partial charge in [0.15, 0.2) is 0 Å². The summed E-state index contributed by atoms with van der Waals surface area (Å²) >= 11 is 0. The smallest absolute Gasteiger partial charge is 0.205 e. The first-order chi connectivity index (χ1) is 11.6. The Hall–Kier alpha value is -3.20. The molecule has 2 unspecified atom stereocenters. The molecule has 6 nitrogen and oxygen atoms in total. The van der Waals surface area contributed by atoms with Crippen molar-refractivity contribution in [1.82, 2.24) is 0 Å². The molecule has 1 aliphatic rings. The van der Waals surface area contributed by atoms with Crippen LogP contribution in [-0.4, -0.2) is 20.1 Å².